The Labute approximate surface area is 137 Å². The zero-order valence-corrected chi connectivity index (χ0v) is 13.6. The molecule has 3 N–H and O–H groups in total. The van der Waals surface area contributed by atoms with E-state index in [1.165, 1.54) is 0 Å². The molecule has 0 aliphatic carbocycles. The van der Waals surface area contributed by atoms with E-state index in [2.05, 4.69) is 17.1 Å². The van der Waals surface area contributed by atoms with Crippen LogP contribution in [0.1, 0.15) is 36.5 Å². The van der Waals surface area contributed by atoms with E-state index in [-0.39, 0.29) is 5.91 Å². The fourth-order valence-corrected chi connectivity index (χ4v) is 2.66. The first-order chi connectivity index (χ1) is 11.1. The zero-order valence-electron chi connectivity index (χ0n) is 13.6. The van der Waals surface area contributed by atoms with E-state index in [0.717, 1.165) is 32.5 Å². The zero-order chi connectivity index (χ0) is 16.7. The number of anilines is 1. The summed E-state index contributed by atoms with van der Waals surface area (Å²) in [6, 6.07) is 6.57. The molecule has 0 bridgehead atoms. The largest absolute Gasteiger partial charge is 0.377 e. The molecule has 0 saturated carbocycles. The smallest absolute Gasteiger partial charge is 0.248 e. The van der Waals surface area contributed by atoms with Gasteiger partial charge in [0.25, 0.3) is 0 Å². The Kier molecular flexibility index (Phi) is 6.55. The van der Waals surface area contributed by atoms with Crippen LogP contribution in [0, 0.1) is 0 Å². The van der Waals surface area contributed by atoms with Crippen molar-refractivity contribution >= 4 is 17.5 Å². The van der Waals surface area contributed by atoms with Crippen molar-refractivity contribution in [1.29, 1.82) is 0 Å². The van der Waals surface area contributed by atoms with Crippen LogP contribution in [0.5, 0.6) is 0 Å². The van der Waals surface area contributed by atoms with Crippen LogP contribution in [0.4, 0.5) is 5.69 Å². The van der Waals surface area contributed by atoms with E-state index >= 15 is 0 Å². The first-order valence-electron chi connectivity index (χ1n) is 8.12. The molecule has 1 aromatic rings. The van der Waals surface area contributed by atoms with Gasteiger partial charge < -0.3 is 20.7 Å². The predicted octanol–water partition coefficient (Wildman–Crippen LogP) is 1.61. The Morgan fingerprint density at radius 1 is 1.35 bits per heavy atom. The molecule has 2 rings (SSSR count). The van der Waals surface area contributed by atoms with Crippen LogP contribution < -0.4 is 11.1 Å². The highest BCUT2D eigenvalue weighted by molar-refractivity contribution is 5.94. The minimum absolute atomic E-state index is 0.0392. The molecule has 23 heavy (non-hydrogen) atoms. The number of primary amides is 1. The van der Waals surface area contributed by atoms with Crippen molar-refractivity contribution in [3.8, 4) is 0 Å². The molecule has 1 unspecified atom stereocenters. The van der Waals surface area contributed by atoms with Gasteiger partial charge in [0.05, 0.1) is 6.10 Å². The quantitative estimate of drug-likeness (QED) is 0.762. The van der Waals surface area contributed by atoms with Gasteiger partial charge in [-0.1, -0.05) is 6.92 Å². The summed E-state index contributed by atoms with van der Waals surface area (Å²) >= 11 is 0. The minimum Gasteiger partial charge on any atom is -0.377 e. The first kappa shape index (κ1) is 17.4. The number of rotatable bonds is 8. The maximum Gasteiger partial charge on any atom is 0.248 e. The number of carbonyl (C=O) groups excluding carboxylic acids is 2. The number of nitrogens with zero attached hydrogens (tertiary/aromatic N) is 1. The van der Waals surface area contributed by atoms with Gasteiger partial charge in [0.1, 0.15) is 0 Å². The molecule has 1 aliphatic rings. The van der Waals surface area contributed by atoms with Gasteiger partial charge in [0.2, 0.25) is 11.8 Å². The van der Waals surface area contributed by atoms with Gasteiger partial charge in [0.15, 0.2) is 0 Å². The summed E-state index contributed by atoms with van der Waals surface area (Å²) in [6.07, 6.45) is 2.97. The Morgan fingerprint density at radius 2 is 2.09 bits per heavy atom. The van der Waals surface area contributed by atoms with Crippen LogP contribution in [0.3, 0.4) is 0 Å². The number of nitrogens with one attached hydrogen (secondary N) is 1. The highest BCUT2D eigenvalue weighted by atomic mass is 16.5. The Bertz CT molecular complexity index is 524. The number of ether oxygens (including phenoxy) is 1. The second kappa shape index (κ2) is 8.64. The van der Waals surface area contributed by atoms with E-state index in [1.54, 1.807) is 24.3 Å². The molecular weight excluding hydrogens is 294 g/mol. The van der Waals surface area contributed by atoms with Gasteiger partial charge in [-0.15, -0.1) is 0 Å². The lowest BCUT2D eigenvalue weighted by molar-refractivity contribution is -0.116. The van der Waals surface area contributed by atoms with Crippen LogP contribution in [-0.4, -0.2) is 49.1 Å². The molecular formula is C17H25N3O3. The summed E-state index contributed by atoms with van der Waals surface area (Å²) in [5.74, 6) is -0.516. The Hall–Kier alpha value is -1.92. The molecule has 2 amide bonds. The molecule has 1 atom stereocenters. The van der Waals surface area contributed by atoms with Gasteiger partial charge in [-0.05, 0) is 43.7 Å². The van der Waals surface area contributed by atoms with E-state index in [1.807, 2.05) is 0 Å². The number of carbonyl (C=O) groups is 2. The van der Waals surface area contributed by atoms with Crippen molar-refractivity contribution in [2.45, 2.75) is 32.3 Å². The summed E-state index contributed by atoms with van der Waals surface area (Å²) in [5.41, 5.74) is 6.28. The SMILES string of the molecule is CCN(CCC(=O)Nc1ccc(C(N)=O)cc1)CC1CCCO1. The molecule has 1 fully saturated rings. The fraction of sp³-hybridized carbons (Fsp3) is 0.529. The first-order valence-corrected chi connectivity index (χ1v) is 8.12. The summed E-state index contributed by atoms with van der Waals surface area (Å²) in [5, 5.41) is 2.83. The number of likely N-dealkylation sites (N-methyl/N-ethyl adjacent to an activating group) is 1. The van der Waals surface area contributed by atoms with E-state index < -0.39 is 5.91 Å². The number of benzene rings is 1. The van der Waals surface area contributed by atoms with Gasteiger partial charge in [-0.25, -0.2) is 0 Å². The predicted molar refractivity (Wildman–Crippen MR) is 89.3 cm³/mol. The molecule has 1 aromatic carbocycles. The maximum absolute atomic E-state index is 12.0. The van der Waals surface area contributed by atoms with Crippen LogP contribution in [0.25, 0.3) is 0 Å². The van der Waals surface area contributed by atoms with Crippen molar-refractivity contribution in [3.63, 3.8) is 0 Å². The molecule has 1 heterocycles. The lowest BCUT2D eigenvalue weighted by atomic mass is 10.2. The third kappa shape index (κ3) is 5.65. The number of hydrogen-bond acceptors (Lipinski definition) is 4. The minimum atomic E-state index is -0.476. The standard InChI is InChI=1S/C17H25N3O3/c1-2-20(12-15-4-3-11-23-15)10-9-16(21)19-14-7-5-13(6-8-14)17(18)22/h5-8,15H,2-4,9-12H2,1H3,(H2,18,22)(H,19,21). The van der Waals surface area contributed by atoms with E-state index in [9.17, 15) is 9.59 Å². The summed E-state index contributed by atoms with van der Waals surface area (Å²) < 4.78 is 5.64. The molecule has 0 aromatic heterocycles. The second-order valence-corrected chi connectivity index (χ2v) is 5.77. The third-order valence-electron chi connectivity index (χ3n) is 4.04. The number of hydrogen-bond donors (Lipinski definition) is 2. The van der Waals surface area contributed by atoms with Crippen LogP contribution in [0.2, 0.25) is 0 Å². The molecule has 1 saturated heterocycles. The van der Waals surface area contributed by atoms with E-state index in [4.69, 9.17) is 10.5 Å². The number of amides is 2. The molecule has 6 heteroatoms. The fourth-order valence-electron chi connectivity index (χ4n) is 2.66. The summed E-state index contributed by atoms with van der Waals surface area (Å²) in [4.78, 5) is 25.3. The van der Waals surface area contributed by atoms with Gasteiger partial charge in [0, 0.05) is 37.4 Å². The lowest BCUT2D eigenvalue weighted by Gasteiger charge is -2.23. The second-order valence-electron chi connectivity index (χ2n) is 5.77. The Morgan fingerprint density at radius 3 is 2.65 bits per heavy atom. The van der Waals surface area contributed by atoms with Crippen molar-refractivity contribution in [1.82, 2.24) is 4.90 Å². The highest BCUT2D eigenvalue weighted by Crippen LogP contribution is 2.14. The molecule has 1 aliphatic heterocycles. The number of nitrogens with two attached hydrogens (primary N) is 1. The van der Waals surface area contributed by atoms with Gasteiger partial charge >= 0.3 is 0 Å². The Balaban J connectivity index is 1.75. The highest BCUT2D eigenvalue weighted by Gasteiger charge is 2.18. The van der Waals surface area contributed by atoms with Gasteiger partial charge in [-0.3, -0.25) is 9.59 Å². The average Bonchev–Trinajstić information content (AvgIpc) is 3.05. The van der Waals surface area contributed by atoms with Crippen molar-refractivity contribution < 1.29 is 14.3 Å². The van der Waals surface area contributed by atoms with Crippen LogP contribution in [-0.2, 0) is 9.53 Å². The molecule has 126 valence electrons. The van der Waals surface area contributed by atoms with Crippen LogP contribution in [0.15, 0.2) is 24.3 Å². The van der Waals surface area contributed by atoms with Crippen molar-refractivity contribution in [3.05, 3.63) is 29.8 Å². The van der Waals surface area contributed by atoms with Crippen LogP contribution >= 0.6 is 0 Å². The summed E-state index contributed by atoms with van der Waals surface area (Å²) in [7, 11) is 0. The monoisotopic (exact) mass is 319 g/mol. The summed E-state index contributed by atoms with van der Waals surface area (Å²) in [6.45, 7) is 5.44. The maximum atomic E-state index is 12.0. The lowest BCUT2D eigenvalue weighted by Crippen LogP contribution is -2.34. The average molecular weight is 319 g/mol. The molecule has 0 spiro atoms. The van der Waals surface area contributed by atoms with E-state index in [0.29, 0.717) is 30.3 Å². The third-order valence-corrected chi connectivity index (χ3v) is 4.04. The molecule has 0 radical (unpaired) electrons. The topological polar surface area (TPSA) is 84.7 Å². The van der Waals surface area contributed by atoms with Gasteiger partial charge in [-0.2, -0.15) is 0 Å². The van der Waals surface area contributed by atoms with Crippen molar-refractivity contribution in [2.75, 3.05) is 31.6 Å². The van der Waals surface area contributed by atoms with Crippen molar-refractivity contribution in [2.24, 2.45) is 5.73 Å². The normalized spacial score (nSPS) is 17.4. The molecule has 6 nitrogen and oxygen atoms in total.